The molecular weight excluding hydrogens is 294 g/mol. The van der Waals surface area contributed by atoms with Gasteiger partial charge >= 0.3 is 0 Å². The van der Waals surface area contributed by atoms with E-state index in [4.69, 9.17) is 9.26 Å². The second kappa shape index (κ2) is 6.62. The molecule has 0 radical (unpaired) electrons. The van der Waals surface area contributed by atoms with Crippen LogP contribution in [0.5, 0.6) is 5.88 Å². The van der Waals surface area contributed by atoms with Crippen LogP contribution in [0.15, 0.2) is 4.52 Å². The third-order valence-electron chi connectivity index (χ3n) is 3.90. The zero-order valence-electron chi connectivity index (χ0n) is 14.2. The molecular formula is C16H23N5O2. The first-order valence-corrected chi connectivity index (χ1v) is 8.06. The maximum absolute atomic E-state index is 5.96. The fourth-order valence-electron chi connectivity index (χ4n) is 2.89. The van der Waals surface area contributed by atoms with Crippen molar-refractivity contribution in [3.63, 3.8) is 0 Å². The Balaban J connectivity index is 1.57. The summed E-state index contributed by atoms with van der Waals surface area (Å²) in [6.07, 6.45) is 2.80. The number of aromatic nitrogens is 4. The predicted octanol–water partition coefficient (Wildman–Crippen LogP) is 1.86. The zero-order valence-corrected chi connectivity index (χ0v) is 14.2. The molecule has 1 aliphatic rings. The Morgan fingerprint density at radius 3 is 2.83 bits per heavy atom. The van der Waals surface area contributed by atoms with Crippen LogP contribution >= 0.6 is 0 Å². The number of rotatable bonds is 6. The van der Waals surface area contributed by atoms with Crippen LogP contribution < -0.4 is 4.74 Å². The highest BCUT2D eigenvalue weighted by atomic mass is 16.5. The highest BCUT2D eigenvalue weighted by molar-refractivity contribution is 5.34. The van der Waals surface area contributed by atoms with E-state index in [9.17, 15) is 0 Å². The molecule has 0 bridgehead atoms. The standard InChI is InChI=1S/C16H23N5O2/c1-5-6-14-19-15(23-20-14)9-21(4)8-12-7-13-10(2)17-11(3)18-16(13)22-12/h12H,5-9H2,1-4H3/t12-/m1/s1. The number of aryl methyl sites for hydroxylation is 3. The molecule has 0 N–H and O–H groups in total. The van der Waals surface area contributed by atoms with E-state index in [0.717, 1.165) is 54.6 Å². The molecule has 0 aliphatic carbocycles. The molecule has 124 valence electrons. The second-order valence-electron chi connectivity index (χ2n) is 6.14. The summed E-state index contributed by atoms with van der Waals surface area (Å²) < 4.78 is 11.2. The smallest absolute Gasteiger partial charge is 0.240 e. The molecule has 1 aliphatic heterocycles. The summed E-state index contributed by atoms with van der Waals surface area (Å²) in [6.45, 7) is 7.40. The van der Waals surface area contributed by atoms with Gasteiger partial charge in [-0.15, -0.1) is 0 Å². The van der Waals surface area contributed by atoms with E-state index in [0.29, 0.717) is 12.4 Å². The normalized spacial score (nSPS) is 16.7. The Morgan fingerprint density at radius 2 is 2.04 bits per heavy atom. The molecule has 1 atom stereocenters. The Hall–Kier alpha value is -2.02. The van der Waals surface area contributed by atoms with Crippen molar-refractivity contribution in [2.45, 2.75) is 52.7 Å². The zero-order chi connectivity index (χ0) is 16.4. The highest BCUT2D eigenvalue weighted by Crippen LogP contribution is 2.28. The fraction of sp³-hybridized carbons (Fsp3) is 0.625. The van der Waals surface area contributed by atoms with Crippen molar-refractivity contribution in [2.24, 2.45) is 0 Å². The van der Waals surface area contributed by atoms with Crippen LogP contribution in [0, 0.1) is 13.8 Å². The molecule has 23 heavy (non-hydrogen) atoms. The van der Waals surface area contributed by atoms with Crippen LogP contribution in [0.2, 0.25) is 0 Å². The molecule has 0 aromatic carbocycles. The molecule has 0 fully saturated rings. The molecule has 0 amide bonds. The van der Waals surface area contributed by atoms with Gasteiger partial charge in [-0.1, -0.05) is 12.1 Å². The van der Waals surface area contributed by atoms with Gasteiger partial charge in [-0.05, 0) is 27.3 Å². The summed E-state index contributed by atoms with van der Waals surface area (Å²) in [5.74, 6) is 2.92. The monoisotopic (exact) mass is 317 g/mol. The molecule has 0 unspecified atom stereocenters. The van der Waals surface area contributed by atoms with E-state index in [2.05, 4.69) is 31.9 Å². The number of likely N-dealkylation sites (N-methyl/N-ethyl adjacent to an activating group) is 1. The number of hydrogen-bond donors (Lipinski definition) is 0. The SMILES string of the molecule is CCCc1noc(CN(C)C[C@H]2Cc3c(C)nc(C)nc3O2)n1. The lowest BCUT2D eigenvalue weighted by atomic mass is 10.1. The summed E-state index contributed by atoms with van der Waals surface area (Å²) in [7, 11) is 2.03. The third kappa shape index (κ3) is 3.67. The first-order valence-electron chi connectivity index (χ1n) is 8.06. The Bertz CT molecular complexity index is 685. The fourth-order valence-corrected chi connectivity index (χ4v) is 2.89. The van der Waals surface area contributed by atoms with Crippen LogP contribution in [0.1, 0.15) is 42.1 Å². The first-order chi connectivity index (χ1) is 11.0. The lowest BCUT2D eigenvalue weighted by Gasteiger charge is -2.18. The van der Waals surface area contributed by atoms with Gasteiger partial charge in [-0.25, -0.2) is 4.98 Å². The number of ether oxygens (including phenoxy) is 1. The van der Waals surface area contributed by atoms with Crippen molar-refractivity contribution in [3.05, 3.63) is 28.8 Å². The minimum Gasteiger partial charge on any atom is -0.472 e. The number of hydrogen-bond acceptors (Lipinski definition) is 7. The average molecular weight is 317 g/mol. The summed E-state index contributed by atoms with van der Waals surface area (Å²) in [6, 6.07) is 0. The van der Waals surface area contributed by atoms with Gasteiger partial charge in [0.05, 0.1) is 6.54 Å². The molecule has 3 rings (SSSR count). The molecule has 0 spiro atoms. The van der Waals surface area contributed by atoms with Crippen molar-refractivity contribution in [1.82, 2.24) is 25.0 Å². The molecule has 3 heterocycles. The minimum absolute atomic E-state index is 0.0860. The second-order valence-corrected chi connectivity index (χ2v) is 6.14. The molecule has 7 nitrogen and oxygen atoms in total. The van der Waals surface area contributed by atoms with E-state index in [-0.39, 0.29) is 6.10 Å². The molecule has 2 aromatic heterocycles. The van der Waals surface area contributed by atoms with Crippen LogP contribution in [0.3, 0.4) is 0 Å². The van der Waals surface area contributed by atoms with Gasteiger partial charge in [0, 0.05) is 30.6 Å². The minimum atomic E-state index is 0.0860. The van der Waals surface area contributed by atoms with Gasteiger partial charge in [-0.3, -0.25) is 4.90 Å². The van der Waals surface area contributed by atoms with Gasteiger partial charge in [0.1, 0.15) is 11.9 Å². The largest absolute Gasteiger partial charge is 0.472 e. The summed E-state index contributed by atoms with van der Waals surface area (Å²) in [5.41, 5.74) is 2.13. The average Bonchev–Trinajstić information content (AvgIpc) is 3.06. The van der Waals surface area contributed by atoms with Gasteiger partial charge in [0.15, 0.2) is 5.82 Å². The Kier molecular flexibility index (Phi) is 4.56. The van der Waals surface area contributed by atoms with Crippen molar-refractivity contribution < 1.29 is 9.26 Å². The van der Waals surface area contributed by atoms with Crippen LogP contribution in [0.25, 0.3) is 0 Å². The van der Waals surface area contributed by atoms with Crippen molar-refractivity contribution in [3.8, 4) is 5.88 Å². The van der Waals surface area contributed by atoms with Gasteiger partial charge in [-0.2, -0.15) is 9.97 Å². The molecule has 0 saturated heterocycles. The topological polar surface area (TPSA) is 77.2 Å². The highest BCUT2D eigenvalue weighted by Gasteiger charge is 2.28. The van der Waals surface area contributed by atoms with E-state index in [1.165, 1.54) is 0 Å². The Labute approximate surface area is 136 Å². The van der Waals surface area contributed by atoms with E-state index >= 15 is 0 Å². The van der Waals surface area contributed by atoms with E-state index in [1.54, 1.807) is 0 Å². The van der Waals surface area contributed by atoms with Gasteiger partial charge in [0.25, 0.3) is 0 Å². The molecule has 0 saturated carbocycles. The van der Waals surface area contributed by atoms with E-state index in [1.807, 2.05) is 20.9 Å². The van der Waals surface area contributed by atoms with Crippen LogP contribution in [0.4, 0.5) is 0 Å². The Morgan fingerprint density at radius 1 is 1.22 bits per heavy atom. The number of nitrogens with zero attached hydrogens (tertiary/aromatic N) is 5. The first kappa shape index (κ1) is 15.9. The maximum atomic E-state index is 5.96. The van der Waals surface area contributed by atoms with Gasteiger partial charge < -0.3 is 9.26 Å². The third-order valence-corrected chi connectivity index (χ3v) is 3.90. The lowest BCUT2D eigenvalue weighted by Crippen LogP contribution is -2.31. The predicted molar refractivity (Wildman–Crippen MR) is 84.3 cm³/mol. The van der Waals surface area contributed by atoms with Crippen molar-refractivity contribution in [1.29, 1.82) is 0 Å². The van der Waals surface area contributed by atoms with Crippen molar-refractivity contribution >= 4 is 0 Å². The van der Waals surface area contributed by atoms with Crippen LogP contribution in [-0.4, -0.2) is 44.7 Å². The molecule has 2 aromatic rings. The summed E-state index contributed by atoms with van der Waals surface area (Å²) in [4.78, 5) is 15.3. The maximum Gasteiger partial charge on any atom is 0.240 e. The quantitative estimate of drug-likeness (QED) is 0.804. The van der Waals surface area contributed by atoms with Crippen molar-refractivity contribution in [2.75, 3.05) is 13.6 Å². The van der Waals surface area contributed by atoms with E-state index < -0.39 is 0 Å². The number of fused-ring (bicyclic) bond motifs is 1. The van der Waals surface area contributed by atoms with Crippen LogP contribution in [-0.2, 0) is 19.4 Å². The lowest BCUT2D eigenvalue weighted by molar-refractivity contribution is 0.151. The summed E-state index contributed by atoms with van der Waals surface area (Å²) in [5, 5.41) is 3.98. The van der Waals surface area contributed by atoms with Gasteiger partial charge in [0.2, 0.25) is 11.8 Å². The molecule has 7 heteroatoms. The summed E-state index contributed by atoms with van der Waals surface area (Å²) >= 11 is 0.